The first-order chi connectivity index (χ1) is 13.6. The minimum atomic E-state index is 0.0203. The van der Waals surface area contributed by atoms with E-state index in [1.807, 2.05) is 50.4 Å². The SMILES string of the molecule is Cc1cnccc1NCCNC(=O)CCCc1nc(-c2ccccc2C)no1. The van der Waals surface area contributed by atoms with Crippen LogP contribution in [-0.4, -0.2) is 34.1 Å². The van der Waals surface area contributed by atoms with Gasteiger partial charge < -0.3 is 15.2 Å². The van der Waals surface area contributed by atoms with Crippen molar-refractivity contribution in [2.75, 3.05) is 18.4 Å². The van der Waals surface area contributed by atoms with Crippen LogP contribution < -0.4 is 10.6 Å². The van der Waals surface area contributed by atoms with Crippen LogP contribution in [0.25, 0.3) is 11.4 Å². The summed E-state index contributed by atoms with van der Waals surface area (Å²) in [6, 6.07) is 9.84. The largest absolute Gasteiger partial charge is 0.383 e. The van der Waals surface area contributed by atoms with E-state index in [-0.39, 0.29) is 5.91 Å². The van der Waals surface area contributed by atoms with E-state index in [1.165, 1.54) is 0 Å². The molecule has 0 atom stereocenters. The summed E-state index contributed by atoms with van der Waals surface area (Å²) >= 11 is 0. The number of hydrogen-bond acceptors (Lipinski definition) is 6. The van der Waals surface area contributed by atoms with E-state index < -0.39 is 0 Å². The first kappa shape index (κ1) is 19.5. The maximum Gasteiger partial charge on any atom is 0.226 e. The van der Waals surface area contributed by atoms with Gasteiger partial charge in [-0.05, 0) is 37.5 Å². The zero-order valence-corrected chi connectivity index (χ0v) is 16.2. The molecule has 2 heterocycles. The van der Waals surface area contributed by atoms with Crippen LogP contribution in [-0.2, 0) is 11.2 Å². The Morgan fingerprint density at radius 2 is 1.96 bits per heavy atom. The molecule has 0 aliphatic rings. The molecule has 1 amide bonds. The number of nitrogens with zero attached hydrogens (tertiary/aromatic N) is 3. The molecular formula is C21H25N5O2. The van der Waals surface area contributed by atoms with E-state index >= 15 is 0 Å². The van der Waals surface area contributed by atoms with Crippen LogP contribution in [0.4, 0.5) is 5.69 Å². The molecule has 0 bridgehead atoms. The highest BCUT2D eigenvalue weighted by atomic mass is 16.5. The Labute approximate surface area is 164 Å². The highest BCUT2D eigenvalue weighted by Crippen LogP contribution is 2.20. The third-order valence-corrected chi connectivity index (χ3v) is 4.43. The smallest absolute Gasteiger partial charge is 0.226 e. The fourth-order valence-corrected chi connectivity index (χ4v) is 2.85. The lowest BCUT2D eigenvalue weighted by atomic mass is 10.1. The van der Waals surface area contributed by atoms with Crippen molar-refractivity contribution < 1.29 is 9.32 Å². The fourth-order valence-electron chi connectivity index (χ4n) is 2.85. The van der Waals surface area contributed by atoms with Crippen LogP contribution in [0.5, 0.6) is 0 Å². The van der Waals surface area contributed by atoms with Crippen molar-refractivity contribution in [2.45, 2.75) is 33.1 Å². The Hall–Kier alpha value is -3.22. The first-order valence-corrected chi connectivity index (χ1v) is 9.43. The molecule has 0 saturated heterocycles. The molecule has 3 rings (SSSR count). The average Bonchev–Trinajstić information content (AvgIpc) is 3.15. The van der Waals surface area contributed by atoms with Gasteiger partial charge in [-0.1, -0.05) is 29.4 Å². The molecule has 0 fully saturated rings. The molecule has 2 N–H and O–H groups in total. The summed E-state index contributed by atoms with van der Waals surface area (Å²) < 4.78 is 5.31. The van der Waals surface area contributed by atoms with Crippen molar-refractivity contribution >= 4 is 11.6 Å². The molecule has 0 radical (unpaired) electrons. The van der Waals surface area contributed by atoms with E-state index in [4.69, 9.17) is 4.52 Å². The van der Waals surface area contributed by atoms with Crippen LogP contribution in [0.1, 0.15) is 29.9 Å². The molecule has 2 aromatic heterocycles. The van der Waals surface area contributed by atoms with Gasteiger partial charge in [0.1, 0.15) is 0 Å². The molecule has 0 aliphatic carbocycles. The molecule has 28 heavy (non-hydrogen) atoms. The van der Waals surface area contributed by atoms with Gasteiger partial charge in [-0.25, -0.2) is 0 Å². The zero-order valence-electron chi connectivity index (χ0n) is 16.2. The lowest BCUT2D eigenvalue weighted by Crippen LogP contribution is -2.28. The Bertz CT molecular complexity index is 922. The van der Waals surface area contributed by atoms with Crippen molar-refractivity contribution in [2.24, 2.45) is 0 Å². The minimum absolute atomic E-state index is 0.0203. The number of anilines is 1. The van der Waals surface area contributed by atoms with Gasteiger partial charge in [-0.15, -0.1) is 0 Å². The van der Waals surface area contributed by atoms with Crippen molar-refractivity contribution in [3.63, 3.8) is 0 Å². The second-order valence-corrected chi connectivity index (χ2v) is 6.65. The minimum Gasteiger partial charge on any atom is -0.383 e. The number of nitrogens with one attached hydrogen (secondary N) is 2. The van der Waals surface area contributed by atoms with Crippen LogP contribution in [0, 0.1) is 13.8 Å². The standard InChI is InChI=1S/C21H25N5O2/c1-15-6-3-4-7-17(15)21-25-20(28-26-21)9-5-8-19(27)24-13-12-23-18-10-11-22-14-16(18)2/h3-4,6-7,10-11,14H,5,8-9,12-13H2,1-2H3,(H,22,23)(H,24,27). The van der Waals surface area contributed by atoms with Crippen molar-refractivity contribution in [1.29, 1.82) is 0 Å². The summed E-state index contributed by atoms with van der Waals surface area (Å²) in [5.74, 6) is 1.17. The molecule has 0 unspecified atom stereocenters. The molecule has 7 nitrogen and oxygen atoms in total. The number of amides is 1. The van der Waals surface area contributed by atoms with Crippen molar-refractivity contribution in [1.82, 2.24) is 20.4 Å². The fraction of sp³-hybridized carbons (Fsp3) is 0.333. The van der Waals surface area contributed by atoms with Crippen LogP contribution in [0.2, 0.25) is 0 Å². The molecule has 0 aliphatic heterocycles. The lowest BCUT2D eigenvalue weighted by Gasteiger charge is -2.09. The van der Waals surface area contributed by atoms with Gasteiger partial charge in [0, 0.05) is 49.6 Å². The first-order valence-electron chi connectivity index (χ1n) is 9.43. The van der Waals surface area contributed by atoms with Crippen molar-refractivity contribution in [3.8, 4) is 11.4 Å². The number of pyridine rings is 1. The number of benzene rings is 1. The van der Waals surface area contributed by atoms with E-state index in [1.54, 1.807) is 6.20 Å². The highest BCUT2D eigenvalue weighted by molar-refractivity contribution is 5.75. The Morgan fingerprint density at radius 1 is 1.11 bits per heavy atom. The third kappa shape index (κ3) is 5.39. The van der Waals surface area contributed by atoms with Gasteiger partial charge in [0.2, 0.25) is 17.6 Å². The monoisotopic (exact) mass is 379 g/mol. The normalized spacial score (nSPS) is 10.6. The summed E-state index contributed by atoms with van der Waals surface area (Å²) in [6.45, 7) is 5.25. The Balaban J connectivity index is 1.35. The molecule has 146 valence electrons. The Kier molecular flexibility index (Phi) is 6.73. The van der Waals surface area contributed by atoms with Crippen LogP contribution >= 0.6 is 0 Å². The molecule has 3 aromatic rings. The summed E-state index contributed by atoms with van der Waals surface area (Å²) in [6.07, 6.45) is 5.23. The van der Waals surface area contributed by atoms with Crippen LogP contribution in [0.15, 0.2) is 47.2 Å². The predicted molar refractivity (Wildman–Crippen MR) is 108 cm³/mol. The summed E-state index contributed by atoms with van der Waals surface area (Å²) in [7, 11) is 0. The van der Waals surface area contributed by atoms with Gasteiger partial charge in [0.25, 0.3) is 0 Å². The molecule has 1 aromatic carbocycles. The summed E-state index contributed by atoms with van der Waals surface area (Å²) in [5.41, 5.74) is 4.18. The predicted octanol–water partition coefficient (Wildman–Crippen LogP) is 3.30. The quantitative estimate of drug-likeness (QED) is 0.554. The average molecular weight is 379 g/mol. The second kappa shape index (κ2) is 9.64. The van der Waals surface area contributed by atoms with Crippen molar-refractivity contribution in [3.05, 3.63) is 59.7 Å². The number of carbonyl (C=O) groups is 1. The number of carbonyl (C=O) groups excluding carboxylic acids is 1. The third-order valence-electron chi connectivity index (χ3n) is 4.43. The molecule has 0 spiro atoms. The number of aromatic nitrogens is 3. The van der Waals surface area contributed by atoms with E-state index in [9.17, 15) is 4.79 Å². The molecule has 0 saturated carbocycles. The van der Waals surface area contributed by atoms with Gasteiger partial charge >= 0.3 is 0 Å². The van der Waals surface area contributed by atoms with E-state index in [0.717, 1.165) is 22.4 Å². The Morgan fingerprint density at radius 3 is 2.79 bits per heavy atom. The number of aryl methyl sites for hydroxylation is 3. The van der Waals surface area contributed by atoms with Gasteiger partial charge in [-0.3, -0.25) is 9.78 Å². The summed E-state index contributed by atoms with van der Waals surface area (Å²) in [4.78, 5) is 20.5. The number of rotatable bonds is 9. The lowest BCUT2D eigenvalue weighted by molar-refractivity contribution is -0.121. The molecule has 7 heteroatoms. The maximum absolute atomic E-state index is 12.0. The maximum atomic E-state index is 12.0. The van der Waals surface area contributed by atoms with Gasteiger partial charge in [-0.2, -0.15) is 4.98 Å². The molecular weight excluding hydrogens is 354 g/mol. The second-order valence-electron chi connectivity index (χ2n) is 6.65. The summed E-state index contributed by atoms with van der Waals surface area (Å²) in [5, 5.41) is 10.2. The van der Waals surface area contributed by atoms with E-state index in [2.05, 4.69) is 25.8 Å². The number of hydrogen-bond donors (Lipinski definition) is 2. The van der Waals surface area contributed by atoms with Crippen LogP contribution in [0.3, 0.4) is 0 Å². The zero-order chi connectivity index (χ0) is 19.8. The highest BCUT2D eigenvalue weighted by Gasteiger charge is 2.11. The topological polar surface area (TPSA) is 92.9 Å². The van der Waals surface area contributed by atoms with Gasteiger partial charge in [0.05, 0.1) is 0 Å². The van der Waals surface area contributed by atoms with E-state index in [0.29, 0.717) is 44.1 Å². The van der Waals surface area contributed by atoms with Gasteiger partial charge in [0.15, 0.2) is 0 Å².